The number of rotatable bonds is 3. The maximum atomic E-state index is 4.93. The van der Waals surface area contributed by atoms with Gasteiger partial charge in [0, 0.05) is 17.3 Å². The highest BCUT2D eigenvalue weighted by Crippen LogP contribution is 2.31. The van der Waals surface area contributed by atoms with Gasteiger partial charge in [0.05, 0.1) is 17.1 Å². The SMILES string of the molecule is c1ccc(-c2ccc(-c3ccccc3)c(-c3ccccn3)n2)cc1. The number of hydrogen-bond donors (Lipinski definition) is 0. The molecule has 0 fully saturated rings. The summed E-state index contributed by atoms with van der Waals surface area (Å²) in [5, 5.41) is 0. The molecule has 0 saturated carbocycles. The van der Waals surface area contributed by atoms with Gasteiger partial charge in [0.1, 0.15) is 0 Å². The van der Waals surface area contributed by atoms with Crippen LogP contribution in [0.4, 0.5) is 0 Å². The molecular weight excluding hydrogens is 292 g/mol. The van der Waals surface area contributed by atoms with E-state index in [0.29, 0.717) is 0 Å². The van der Waals surface area contributed by atoms with E-state index in [2.05, 4.69) is 41.4 Å². The molecule has 0 atom stereocenters. The van der Waals surface area contributed by atoms with E-state index >= 15 is 0 Å². The zero-order valence-electron chi connectivity index (χ0n) is 13.1. The predicted octanol–water partition coefficient (Wildman–Crippen LogP) is 5.48. The Hall–Kier alpha value is -3.26. The van der Waals surface area contributed by atoms with Gasteiger partial charge in [-0.25, -0.2) is 4.98 Å². The van der Waals surface area contributed by atoms with Crippen molar-refractivity contribution >= 4 is 0 Å². The Balaban J connectivity index is 1.92. The molecule has 2 heteroatoms. The first-order valence-corrected chi connectivity index (χ1v) is 7.95. The summed E-state index contributed by atoms with van der Waals surface area (Å²) >= 11 is 0. The maximum absolute atomic E-state index is 4.93. The van der Waals surface area contributed by atoms with Crippen LogP contribution >= 0.6 is 0 Å². The predicted molar refractivity (Wildman–Crippen MR) is 98.3 cm³/mol. The Morgan fingerprint density at radius 1 is 0.500 bits per heavy atom. The van der Waals surface area contributed by atoms with Gasteiger partial charge in [-0.05, 0) is 29.8 Å². The van der Waals surface area contributed by atoms with E-state index in [4.69, 9.17) is 4.98 Å². The Bertz CT molecular complexity index is 933. The van der Waals surface area contributed by atoms with E-state index in [0.717, 1.165) is 33.8 Å². The van der Waals surface area contributed by atoms with E-state index in [1.54, 1.807) is 6.20 Å². The Kier molecular flexibility index (Phi) is 3.86. The third-order valence-corrected chi connectivity index (χ3v) is 3.96. The fourth-order valence-corrected chi connectivity index (χ4v) is 2.78. The molecule has 0 aliphatic heterocycles. The fraction of sp³-hybridized carbons (Fsp3) is 0. The van der Waals surface area contributed by atoms with Crippen LogP contribution < -0.4 is 0 Å². The highest BCUT2D eigenvalue weighted by atomic mass is 14.8. The van der Waals surface area contributed by atoms with E-state index in [-0.39, 0.29) is 0 Å². The molecule has 0 amide bonds. The standard InChI is InChI=1S/C22H16N2/c1-3-9-17(10-4-1)19-14-15-20(18-11-5-2-6-12-18)24-22(19)21-13-7-8-16-23-21/h1-16H. The van der Waals surface area contributed by atoms with Crippen molar-refractivity contribution in [2.24, 2.45) is 0 Å². The minimum Gasteiger partial charge on any atom is -0.255 e. The molecule has 0 N–H and O–H groups in total. The fourth-order valence-electron chi connectivity index (χ4n) is 2.78. The number of benzene rings is 2. The van der Waals surface area contributed by atoms with Gasteiger partial charge in [0.25, 0.3) is 0 Å². The zero-order valence-corrected chi connectivity index (χ0v) is 13.1. The maximum Gasteiger partial charge on any atom is 0.0971 e. The van der Waals surface area contributed by atoms with Gasteiger partial charge in [-0.3, -0.25) is 4.98 Å². The van der Waals surface area contributed by atoms with E-state index in [1.165, 1.54) is 0 Å². The lowest BCUT2D eigenvalue weighted by Gasteiger charge is -2.11. The second-order valence-corrected chi connectivity index (χ2v) is 5.54. The van der Waals surface area contributed by atoms with Gasteiger partial charge in [-0.2, -0.15) is 0 Å². The molecule has 0 bridgehead atoms. The lowest BCUT2D eigenvalue weighted by Crippen LogP contribution is -1.94. The van der Waals surface area contributed by atoms with Crippen molar-refractivity contribution in [1.82, 2.24) is 9.97 Å². The summed E-state index contributed by atoms with van der Waals surface area (Å²) in [7, 11) is 0. The number of pyridine rings is 2. The van der Waals surface area contributed by atoms with Crippen LogP contribution in [0, 0.1) is 0 Å². The molecule has 24 heavy (non-hydrogen) atoms. The number of aromatic nitrogens is 2. The first-order chi connectivity index (χ1) is 11.9. The van der Waals surface area contributed by atoms with Crippen LogP contribution in [0.25, 0.3) is 33.8 Å². The van der Waals surface area contributed by atoms with Crippen molar-refractivity contribution in [2.75, 3.05) is 0 Å². The lowest BCUT2D eigenvalue weighted by atomic mass is 10.00. The highest BCUT2D eigenvalue weighted by molar-refractivity contribution is 5.81. The first kappa shape index (κ1) is 14.3. The molecule has 0 unspecified atom stereocenters. The molecule has 2 heterocycles. The van der Waals surface area contributed by atoms with Crippen molar-refractivity contribution in [3.05, 3.63) is 97.2 Å². The molecule has 0 spiro atoms. The van der Waals surface area contributed by atoms with Crippen molar-refractivity contribution < 1.29 is 0 Å². The lowest BCUT2D eigenvalue weighted by molar-refractivity contribution is 1.25. The Morgan fingerprint density at radius 3 is 1.83 bits per heavy atom. The van der Waals surface area contributed by atoms with Gasteiger partial charge in [0.15, 0.2) is 0 Å². The molecule has 4 rings (SSSR count). The van der Waals surface area contributed by atoms with E-state index in [9.17, 15) is 0 Å². The molecule has 2 aromatic carbocycles. The molecule has 114 valence electrons. The van der Waals surface area contributed by atoms with Crippen LogP contribution in [0.5, 0.6) is 0 Å². The normalized spacial score (nSPS) is 10.5. The van der Waals surface area contributed by atoms with Crippen LogP contribution in [0.2, 0.25) is 0 Å². The van der Waals surface area contributed by atoms with Crippen LogP contribution in [0.3, 0.4) is 0 Å². The summed E-state index contributed by atoms with van der Waals surface area (Å²) in [5.74, 6) is 0. The summed E-state index contributed by atoms with van der Waals surface area (Å²) in [6.45, 7) is 0. The largest absolute Gasteiger partial charge is 0.255 e. The highest BCUT2D eigenvalue weighted by Gasteiger charge is 2.12. The molecular formula is C22H16N2. The van der Waals surface area contributed by atoms with Crippen molar-refractivity contribution in [3.63, 3.8) is 0 Å². The summed E-state index contributed by atoms with van der Waals surface area (Å²) in [4.78, 5) is 9.43. The zero-order chi connectivity index (χ0) is 16.2. The summed E-state index contributed by atoms with van der Waals surface area (Å²) in [6.07, 6.45) is 1.81. The van der Waals surface area contributed by atoms with Crippen LogP contribution in [-0.4, -0.2) is 9.97 Å². The molecule has 2 nitrogen and oxygen atoms in total. The molecule has 4 aromatic rings. The van der Waals surface area contributed by atoms with Gasteiger partial charge in [0.2, 0.25) is 0 Å². The van der Waals surface area contributed by atoms with Gasteiger partial charge in [-0.15, -0.1) is 0 Å². The third kappa shape index (κ3) is 2.82. The van der Waals surface area contributed by atoms with Crippen LogP contribution in [-0.2, 0) is 0 Å². The van der Waals surface area contributed by atoms with Crippen molar-refractivity contribution in [2.45, 2.75) is 0 Å². The van der Waals surface area contributed by atoms with E-state index < -0.39 is 0 Å². The number of hydrogen-bond acceptors (Lipinski definition) is 2. The van der Waals surface area contributed by atoms with Crippen molar-refractivity contribution in [1.29, 1.82) is 0 Å². The Morgan fingerprint density at radius 2 is 1.17 bits per heavy atom. The van der Waals surface area contributed by atoms with Crippen LogP contribution in [0.15, 0.2) is 97.2 Å². The molecule has 0 aliphatic rings. The summed E-state index contributed by atoms with van der Waals surface area (Å²) in [5.41, 5.74) is 6.08. The number of nitrogens with zero attached hydrogens (tertiary/aromatic N) is 2. The average Bonchev–Trinajstić information content (AvgIpc) is 2.69. The first-order valence-electron chi connectivity index (χ1n) is 7.95. The molecule has 0 saturated heterocycles. The average molecular weight is 308 g/mol. The molecule has 2 aromatic heterocycles. The minimum absolute atomic E-state index is 0.883. The Labute approximate surface area is 141 Å². The van der Waals surface area contributed by atoms with Crippen molar-refractivity contribution in [3.8, 4) is 33.8 Å². The second kappa shape index (κ2) is 6.47. The quantitative estimate of drug-likeness (QED) is 0.501. The molecule has 0 radical (unpaired) electrons. The smallest absolute Gasteiger partial charge is 0.0971 e. The summed E-state index contributed by atoms with van der Waals surface area (Å²) < 4.78 is 0. The molecule has 0 aliphatic carbocycles. The topological polar surface area (TPSA) is 25.8 Å². The summed E-state index contributed by atoms with van der Waals surface area (Å²) in [6, 6.07) is 30.7. The van der Waals surface area contributed by atoms with E-state index in [1.807, 2.05) is 54.6 Å². The van der Waals surface area contributed by atoms with Gasteiger partial charge >= 0.3 is 0 Å². The minimum atomic E-state index is 0.883. The second-order valence-electron chi connectivity index (χ2n) is 5.54. The van der Waals surface area contributed by atoms with Gasteiger partial charge in [-0.1, -0.05) is 66.7 Å². The van der Waals surface area contributed by atoms with Gasteiger partial charge < -0.3 is 0 Å². The monoisotopic (exact) mass is 308 g/mol. The third-order valence-electron chi connectivity index (χ3n) is 3.96. The van der Waals surface area contributed by atoms with Crippen LogP contribution in [0.1, 0.15) is 0 Å².